The minimum Gasteiger partial charge on any atom is -0.326 e. The summed E-state index contributed by atoms with van der Waals surface area (Å²) < 4.78 is 3.78. The molecular weight excluding hydrogens is 326 g/mol. The summed E-state index contributed by atoms with van der Waals surface area (Å²) in [5, 5.41) is 7.43. The van der Waals surface area contributed by atoms with E-state index < -0.39 is 0 Å². The lowest BCUT2D eigenvalue weighted by Gasteiger charge is -2.08. The lowest BCUT2D eigenvalue weighted by molar-refractivity contribution is -0.115. The van der Waals surface area contributed by atoms with Gasteiger partial charge < -0.3 is 9.72 Å². The molecule has 0 fully saturated rings. The molecule has 0 aliphatic carbocycles. The number of rotatable bonds is 4. The Balaban J connectivity index is 1.50. The molecule has 0 bridgehead atoms. The van der Waals surface area contributed by atoms with E-state index in [-0.39, 0.29) is 12.3 Å². The van der Waals surface area contributed by atoms with Gasteiger partial charge in [-0.3, -0.25) is 4.79 Å². The lowest BCUT2D eigenvalue weighted by Crippen LogP contribution is -2.15. The monoisotopic (exact) mass is 345 g/mol. The maximum atomic E-state index is 12.4. The number of nitrogens with zero attached hydrogens (tertiary/aromatic N) is 4. The zero-order chi connectivity index (χ0) is 18.1. The number of aryl methyl sites for hydroxylation is 2. The Morgan fingerprint density at radius 1 is 1.12 bits per heavy atom. The Bertz CT molecular complexity index is 1060. The van der Waals surface area contributed by atoms with Crippen molar-refractivity contribution >= 4 is 17.2 Å². The van der Waals surface area contributed by atoms with Crippen molar-refractivity contribution in [1.29, 1.82) is 0 Å². The van der Waals surface area contributed by atoms with E-state index in [0.29, 0.717) is 0 Å². The molecule has 3 heterocycles. The van der Waals surface area contributed by atoms with Gasteiger partial charge in [-0.05, 0) is 50.2 Å². The number of imidazole rings is 1. The average molecular weight is 345 g/mol. The van der Waals surface area contributed by atoms with Gasteiger partial charge in [0.2, 0.25) is 5.91 Å². The van der Waals surface area contributed by atoms with Crippen LogP contribution in [0, 0.1) is 13.8 Å². The third kappa shape index (κ3) is 3.21. The van der Waals surface area contributed by atoms with Crippen molar-refractivity contribution < 1.29 is 4.79 Å². The minimum atomic E-state index is -0.0982. The standard InChI is InChI=1S/C20H19N5O/c1-14-10-15(2)25(23-14)18-7-5-6-16(11-18)22-20(26)12-17-13-24-9-4-3-8-19(24)21-17/h3-11,13H,12H2,1-2H3,(H,22,26). The Kier molecular flexibility index (Phi) is 4.01. The second-order valence-corrected chi connectivity index (χ2v) is 6.31. The van der Waals surface area contributed by atoms with Crippen molar-refractivity contribution in [3.8, 4) is 5.69 Å². The number of hydrogen-bond acceptors (Lipinski definition) is 3. The smallest absolute Gasteiger partial charge is 0.230 e. The predicted octanol–water partition coefficient (Wildman–Crippen LogP) is 3.32. The molecule has 6 nitrogen and oxygen atoms in total. The van der Waals surface area contributed by atoms with E-state index in [1.165, 1.54) is 0 Å². The molecule has 0 aliphatic rings. The van der Waals surface area contributed by atoms with Crippen LogP contribution in [0.2, 0.25) is 0 Å². The summed E-state index contributed by atoms with van der Waals surface area (Å²) in [5.41, 5.74) is 5.25. The van der Waals surface area contributed by atoms with Gasteiger partial charge in [0.15, 0.2) is 0 Å². The molecule has 1 N–H and O–H groups in total. The highest BCUT2D eigenvalue weighted by molar-refractivity contribution is 5.92. The van der Waals surface area contributed by atoms with Crippen LogP contribution in [0.4, 0.5) is 5.69 Å². The summed E-state index contributed by atoms with van der Waals surface area (Å²) in [5.74, 6) is -0.0982. The Labute approximate surface area is 151 Å². The summed E-state index contributed by atoms with van der Waals surface area (Å²) in [7, 11) is 0. The van der Waals surface area contributed by atoms with E-state index in [4.69, 9.17) is 0 Å². The van der Waals surface area contributed by atoms with Gasteiger partial charge in [0.05, 0.1) is 23.5 Å². The molecule has 6 heteroatoms. The van der Waals surface area contributed by atoms with E-state index >= 15 is 0 Å². The summed E-state index contributed by atoms with van der Waals surface area (Å²) >= 11 is 0. The third-order valence-corrected chi connectivity index (χ3v) is 4.14. The average Bonchev–Trinajstić information content (AvgIpc) is 3.16. The van der Waals surface area contributed by atoms with Crippen LogP contribution in [0.15, 0.2) is 60.9 Å². The Morgan fingerprint density at radius 3 is 2.77 bits per heavy atom. The molecule has 4 aromatic rings. The number of carbonyl (C=O) groups excluding carboxylic acids is 1. The van der Waals surface area contributed by atoms with Gasteiger partial charge in [-0.15, -0.1) is 0 Å². The van der Waals surface area contributed by atoms with Crippen LogP contribution in [0.5, 0.6) is 0 Å². The molecule has 0 aliphatic heterocycles. The molecule has 4 rings (SSSR count). The second kappa shape index (κ2) is 6.48. The van der Waals surface area contributed by atoms with Crippen molar-refractivity contribution in [3.05, 3.63) is 78.0 Å². The van der Waals surface area contributed by atoms with Crippen LogP contribution in [-0.2, 0) is 11.2 Å². The van der Waals surface area contributed by atoms with E-state index in [9.17, 15) is 4.79 Å². The summed E-state index contributed by atoms with van der Waals surface area (Å²) in [6.07, 6.45) is 4.02. The Hall–Kier alpha value is -3.41. The number of aromatic nitrogens is 4. The van der Waals surface area contributed by atoms with Crippen LogP contribution in [0.25, 0.3) is 11.3 Å². The molecule has 0 radical (unpaired) electrons. The van der Waals surface area contributed by atoms with Crippen molar-refractivity contribution in [2.24, 2.45) is 0 Å². The predicted molar refractivity (Wildman–Crippen MR) is 101 cm³/mol. The van der Waals surface area contributed by atoms with Crippen LogP contribution < -0.4 is 5.32 Å². The van der Waals surface area contributed by atoms with Gasteiger partial charge >= 0.3 is 0 Å². The second-order valence-electron chi connectivity index (χ2n) is 6.31. The number of nitrogens with one attached hydrogen (secondary N) is 1. The molecule has 0 saturated carbocycles. The van der Waals surface area contributed by atoms with Crippen LogP contribution >= 0.6 is 0 Å². The fourth-order valence-electron chi connectivity index (χ4n) is 3.05. The van der Waals surface area contributed by atoms with Crippen LogP contribution in [-0.4, -0.2) is 25.1 Å². The zero-order valence-electron chi connectivity index (χ0n) is 14.7. The molecule has 3 aromatic heterocycles. The number of anilines is 1. The zero-order valence-corrected chi connectivity index (χ0v) is 14.7. The van der Waals surface area contributed by atoms with Gasteiger partial charge in [0, 0.05) is 23.8 Å². The summed E-state index contributed by atoms with van der Waals surface area (Å²) in [6.45, 7) is 3.97. The first kappa shape index (κ1) is 16.1. The molecule has 0 unspecified atom stereocenters. The first-order valence-corrected chi connectivity index (χ1v) is 8.45. The van der Waals surface area contributed by atoms with Crippen molar-refractivity contribution in [2.75, 3.05) is 5.32 Å². The largest absolute Gasteiger partial charge is 0.326 e. The Morgan fingerprint density at radius 2 is 2.00 bits per heavy atom. The first-order chi connectivity index (χ1) is 12.6. The van der Waals surface area contributed by atoms with Crippen LogP contribution in [0.3, 0.4) is 0 Å². The SMILES string of the molecule is Cc1cc(C)n(-c2cccc(NC(=O)Cc3cn4ccccc4n3)c2)n1. The number of pyridine rings is 1. The highest BCUT2D eigenvalue weighted by Gasteiger charge is 2.09. The van der Waals surface area contributed by atoms with Crippen LogP contribution in [0.1, 0.15) is 17.1 Å². The quantitative estimate of drug-likeness (QED) is 0.617. The number of fused-ring (bicyclic) bond motifs is 1. The molecule has 0 atom stereocenters. The molecule has 1 amide bonds. The topological polar surface area (TPSA) is 64.2 Å². The summed E-state index contributed by atoms with van der Waals surface area (Å²) in [4.78, 5) is 16.9. The number of carbonyl (C=O) groups is 1. The lowest BCUT2D eigenvalue weighted by atomic mass is 10.2. The fourth-order valence-corrected chi connectivity index (χ4v) is 3.05. The molecule has 130 valence electrons. The first-order valence-electron chi connectivity index (χ1n) is 8.45. The van der Waals surface area contributed by atoms with Gasteiger partial charge in [-0.1, -0.05) is 12.1 Å². The van der Waals surface area contributed by atoms with E-state index in [1.54, 1.807) is 0 Å². The number of benzene rings is 1. The van der Waals surface area contributed by atoms with Crippen molar-refractivity contribution in [1.82, 2.24) is 19.2 Å². The highest BCUT2D eigenvalue weighted by Crippen LogP contribution is 2.17. The minimum absolute atomic E-state index is 0.0982. The number of amides is 1. The molecular formula is C20H19N5O. The summed E-state index contributed by atoms with van der Waals surface area (Å²) in [6, 6.07) is 15.5. The maximum absolute atomic E-state index is 12.4. The van der Waals surface area contributed by atoms with Gasteiger partial charge in [0.25, 0.3) is 0 Å². The highest BCUT2D eigenvalue weighted by atomic mass is 16.1. The molecule has 0 saturated heterocycles. The molecule has 26 heavy (non-hydrogen) atoms. The fraction of sp³-hybridized carbons (Fsp3) is 0.150. The van der Waals surface area contributed by atoms with Crippen molar-refractivity contribution in [3.63, 3.8) is 0 Å². The van der Waals surface area contributed by atoms with Gasteiger partial charge in [-0.25, -0.2) is 9.67 Å². The van der Waals surface area contributed by atoms with E-state index in [0.717, 1.165) is 34.1 Å². The van der Waals surface area contributed by atoms with Gasteiger partial charge in [-0.2, -0.15) is 5.10 Å². The number of hydrogen-bond donors (Lipinski definition) is 1. The molecule has 1 aromatic carbocycles. The van der Waals surface area contributed by atoms with E-state index in [1.807, 2.05) is 83.9 Å². The van der Waals surface area contributed by atoms with Crippen molar-refractivity contribution in [2.45, 2.75) is 20.3 Å². The molecule has 0 spiro atoms. The van der Waals surface area contributed by atoms with Gasteiger partial charge in [0.1, 0.15) is 5.65 Å². The normalized spacial score (nSPS) is 11.0. The third-order valence-electron chi connectivity index (χ3n) is 4.14. The van der Waals surface area contributed by atoms with E-state index in [2.05, 4.69) is 15.4 Å². The maximum Gasteiger partial charge on any atom is 0.230 e.